The molecule has 0 fully saturated rings. The molecule has 0 saturated carbocycles. The summed E-state index contributed by atoms with van der Waals surface area (Å²) in [5.74, 6) is 0. The van der Waals surface area contributed by atoms with Crippen LogP contribution in [0.1, 0.15) is 41.0 Å². The molecule has 86 valence electrons. The van der Waals surface area contributed by atoms with Gasteiger partial charge in [-0.2, -0.15) is 0 Å². The van der Waals surface area contributed by atoms with Crippen molar-refractivity contribution in [1.29, 1.82) is 0 Å². The van der Waals surface area contributed by atoms with Crippen molar-refractivity contribution < 1.29 is 4.43 Å². The highest BCUT2D eigenvalue weighted by Crippen LogP contribution is 2.37. The van der Waals surface area contributed by atoms with Crippen LogP contribution >= 0.6 is 22.6 Å². The van der Waals surface area contributed by atoms with E-state index in [-0.39, 0.29) is 0 Å². The molecule has 0 aromatic carbocycles. The Bertz CT molecular complexity index is 173. The van der Waals surface area contributed by atoms with Crippen molar-refractivity contribution >= 4 is 30.9 Å². The molecule has 0 rings (SSSR count). The molecule has 0 aliphatic heterocycles. The van der Waals surface area contributed by atoms with Crippen LogP contribution in [0.25, 0.3) is 0 Å². The Hall–Kier alpha value is 0.907. The maximum absolute atomic E-state index is 6.25. The van der Waals surface area contributed by atoms with Crippen LogP contribution < -0.4 is 0 Å². The number of rotatable bonds is 4. The lowest BCUT2D eigenvalue weighted by molar-refractivity contribution is 0.191. The topological polar surface area (TPSA) is 9.23 Å². The molecule has 2 atom stereocenters. The fourth-order valence-corrected chi connectivity index (χ4v) is 3.36. The normalized spacial score (nSPS) is 18.0. The summed E-state index contributed by atoms with van der Waals surface area (Å²) >= 11 is 2.47. The van der Waals surface area contributed by atoms with E-state index in [4.69, 9.17) is 4.43 Å². The fourth-order valence-electron chi connectivity index (χ4n) is 1.19. The minimum absolute atomic E-state index is 0.329. The van der Waals surface area contributed by atoms with Gasteiger partial charge in [-0.25, -0.2) is 0 Å². The predicted molar refractivity (Wildman–Crippen MR) is 75.8 cm³/mol. The van der Waals surface area contributed by atoms with Gasteiger partial charge in [0.05, 0.1) is 0 Å². The molecule has 0 radical (unpaired) electrons. The molecular formula is C11H25IOSi. The summed E-state index contributed by atoms with van der Waals surface area (Å²) in [5, 5.41) is 0.329. The van der Waals surface area contributed by atoms with Crippen LogP contribution in [0.4, 0.5) is 0 Å². The van der Waals surface area contributed by atoms with E-state index < -0.39 is 8.32 Å². The van der Waals surface area contributed by atoms with Crippen molar-refractivity contribution in [3.63, 3.8) is 0 Å². The first kappa shape index (κ1) is 14.9. The highest BCUT2D eigenvalue weighted by Gasteiger charge is 2.38. The number of hydrogen-bond acceptors (Lipinski definition) is 1. The summed E-state index contributed by atoms with van der Waals surface area (Å²) in [6.07, 6.45) is 1.57. The second-order valence-corrected chi connectivity index (χ2v) is 12.6. The first-order valence-electron chi connectivity index (χ1n) is 5.38. The Balaban J connectivity index is 4.22. The van der Waals surface area contributed by atoms with E-state index in [1.807, 2.05) is 0 Å². The Morgan fingerprint density at radius 1 is 1.21 bits per heavy atom. The maximum atomic E-state index is 6.25. The van der Waals surface area contributed by atoms with E-state index in [2.05, 4.69) is 70.3 Å². The van der Waals surface area contributed by atoms with Gasteiger partial charge in [0, 0.05) is 10.0 Å². The molecule has 3 heteroatoms. The Morgan fingerprint density at radius 2 is 1.64 bits per heavy atom. The fraction of sp³-hybridized carbons (Fsp3) is 1.00. The lowest BCUT2D eigenvalue weighted by atomic mass is 10.2. The van der Waals surface area contributed by atoms with Crippen LogP contribution in [0, 0.1) is 0 Å². The van der Waals surface area contributed by atoms with E-state index in [1.54, 1.807) is 0 Å². The van der Waals surface area contributed by atoms with E-state index >= 15 is 0 Å². The quantitative estimate of drug-likeness (QED) is 0.416. The van der Waals surface area contributed by atoms with Gasteiger partial charge in [0.25, 0.3) is 0 Å². The summed E-state index contributed by atoms with van der Waals surface area (Å²) in [4.78, 5) is 0. The third-order valence-corrected chi connectivity index (χ3v) is 8.07. The second-order valence-electron chi connectivity index (χ2n) is 5.71. The molecule has 0 spiro atoms. The van der Waals surface area contributed by atoms with Crippen molar-refractivity contribution in [2.45, 2.75) is 69.2 Å². The van der Waals surface area contributed by atoms with E-state index in [9.17, 15) is 0 Å². The second kappa shape index (κ2) is 5.30. The molecule has 0 amide bonds. The Kier molecular flexibility index (Phi) is 5.64. The number of alkyl halides is 1. The molecule has 0 aromatic rings. The van der Waals surface area contributed by atoms with E-state index in [0.29, 0.717) is 15.1 Å². The van der Waals surface area contributed by atoms with Crippen LogP contribution in [-0.4, -0.2) is 18.3 Å². The van der Waals surface area contributed by atoms with Crippen LogP contribution in [0.15, 0.2) is 0 Å². The third kappa shape index (κ3) is 5.12. The highest BCUT2D eigenvalue weighted by atomic mass is 127. The monoisotopic (exact) mass is 328 g/mol. The largest absolute Gasteiger partial charge is 0.414 e. The van der Waals surface area contributed by atoms with Crippen LogP contribution in [0.5, 0.6) is 0 Å². The summed E-state index contributed by atoms with van der Waals surface area (Å²) in [6, 6.07) is 0. The SMILES string of the molecule is CC(I)CC(C)O[Si](C)(C)C(C)(C)C. The van der Waals surface area contributed by atoms with Crippen molar-refractivity contribution in [1.82, 2.24) is 0 Å². The first-order valence-corrected chi connectivity index (χ1v) is 9.53. The van der Waals surface area contributed by atoms with Gasteiger partial charge in [0.2, 0.25) is 0 Å². The van der Waals surface area contributed by atoms with Crippen molar-refractivity contribution in [3.8, 4) is 0 Å². The molecule has 14 heavy (non-hydrogen) atoms. The molecule has 0 heterocycles. The Labute approximate surface area is 104 Å². The maximum Gasteiger partial charge on any atom is 0.192 e. The molecule has 0 bridgehead atoms. The van der Waals surface area contributed by atoms with Crippen LogP contribution in [-0.2, 0) is 4.43 Å². The van der Waals surface area contributed by atoms with Crippen LogP contribution in [0.2, 0.25) is 18.1 Å². The molecule has 0 saturated heterocycles. The Morgan fingerprint density at radius 3 is 1.93 bits per heavy atom. The van der Waals surface area contributed by atoms with Gasteiger partial charge in [-0.1, -0.05) is 50.3 Å². The van der Waals surface area contributed by atoms with Gasteiger partial charge >= 0.3 is 0 Å². The highest BCUT2D eigenvalue weighted by molar-refractivity contribution is 14.1. The molecule has 0 aliphatic carbocycles. The molecule has 0 N–H and O–H groups in total. The summed E-state index contributed by atoms with van der Waals surface area (Å²) in [5.41, 5.74) is 0. The first-order chi connectivity index (χ1) is 6.06. The summed E-state index contributed by atoms with van der Waals surface area (Å²) < 4.78 is 6.95. The predicted octanol–water partition coefficient (Wildman–Crippen LogP) is 4.61. The van der Waals surface area contributed by atoms with Gasteiger partial charge in [-0.15, -0.1) is 0 Å². The molecule has 1 nitrogen and oxygen atoms in total. The van der Waals surface area contributed by atoms with Crippen LogP contribution in [0.3, 0.4) is 0 Å². The van der Waals surface area contributed by atoms with Crippen molar-refractivity contribution in [2.24, 2.45) is 0 Å². The lowest BCUT2D eigenvalue weighted by Crippen LogP contribution is -2.43. The van der Waals surface area contributed by atoms with Gasteiger partial charge < -0.3 is 4.43 Å². The minimum Gasteiger partial charge on any atom is -0.414 e. The van der Waals surface area contributed by atoms with Gasteiger partial charge in [0.1, 0.15) is 0 Å². The van der Waals surface area contributed by atoms with E-state index in [0.717, 1.165) is 6.42 Å². The number of halogens is 1. The zero-order valence-electron chi connectivity index (χ0n) is 10.6. The van der Waals surface area contributed by atoms with E-state index in [1.165, 1.54) is 0 Å². The third-order valence-electron chi connectivity index (χ3n) is 2.96. The summed E-state index contributed by atoms with van der Waals surface area (Å²) in [6.45, 7) is 16.0. The smallest absolute Gasteiger partial charge is 0.192 e. The average Bonchev–Trinajstić information content (AvgIpc) is 1.79. The van der Waals surface area contributed by atoms with Gasteiger partial charge in [0.15, 0.2) is 8.32 Å². The van der Waals surface area contributed by atoms with Gasteiger partial charge in [-0.05, 0) is 31.5 Å². The molecule has 0 aliphatic rings. The minimum atomic E-state index is -1.54. The lowest BCUT2D eigenvalue weighted by Gasteiger charge is -2.38. The average molecular weight is 328 g/mol. The van der Waals surface area contributed by atoms with Gasteiger partial charge in [-0.3, -0.25) is 0 Å². The molecule has 0 aromatic heterocycles. The standard InChI is InChI=1S/C11H25IOSi/c1-9(12)8-10(2)13-14(6,7)11(3,4)5/h9-10H,8H2,1-7H3. The molecule has 2 unspecified atom stereocenters. The summed E-state index contributed by atoms with van der Waals surface area (Å²) in [7, 11) is -1.54. The van der Waals surface area contributed by atoms with Crippen molar-refractivity contribution in [2.75, 3.05) is 0 Å². The zero-order chi connectivity index (χ0) is 11.6. The zero-order valence-corrected chi connectivity index (χ0v) is 13.8. The number of hydrogen-bond donors (Lipinski definition) is 0. The molecular weight excluding hydrogens is 303 g/mol. The van der Waals surface area contributed by atoms with Crippen molar-refractivity contribution in [3.05, 3.63) is 0 Å².